The number of amides is 2. The molecular weight excluding hydrogens is 296 g/mol. The van der Waals surface area contributed by atoms with Crippen LogP contribution in [0.1, 0.15) is 51.4 Å². The van der Waals surface area contributed by atoms with Crippen LogP contribution >= 0.6 is 0 Å². The molecule has 6 heteroatoms. The summed E-state index contributed by atoms with van der Waals surface area (Å²) >= 11 is 0. The Bertz CT molecular complexity index is 432. The van der Waals surface area contributed by atoms with Gasteiger partial charge in [0, 0.05) is 38.5 Å². The van der Waals surface area contributed by atoms with Gasteiger partial charge in [-0.2, -0.15) is 0 Å². The molecule has 1 aliphatic carbocycles. The average Bonchev–Trinajstić information content (AvgIpc) is 2.85. The maximum absolute atomic E-state index is 12.6. The van der Waals surface area contributed by atoms with Gasteiger partial charge in [0.05, 0.1) is 13.5 Å². The van der Waals surface area contributed by atoms with Crippen LogP contribution in [0.25, 0.3) is 0 Å². The molecule has 0 spiro atoms. The molecular formula is C17H28N2O4. The molecule has 0 aromatic carbocycles. The molecule has 0 unspecified atom stereocenters. The summed E-state index contributed by atoms with van der Waals surface area (Å²) < 4.78 is 4.57. The molecule has 1 heterocycles. The summed E-state index contributed by atoms with van der Waals surface area (Å²) in [6, 6.07) is 0. The fourth-order valence-electron chi connectivity index (χ4n) is 3.46. The van der Waals surface area contributed by atoms with E-state index in [1.165, 1.54) is 13.5 Å². The van der Waals surface area contributed by atoms with E-state index in [1.807, 2.05) is 4.90 Å². The maximum Gasteiger partial charge on any atom is 0.306 e. The lowest BCUT2D eigenvalue weighted by molar-refractivity contribution is -0.143. The number of carbonyl (C=O) groups is 3. The summed E-state index contributed by atoms with van der Waals surface area (Å²) in [6.45, 7) is 2.57. The smallest absolute Gasteiger partial charge is 0.306 e. The Morgan fingerprint density at radius 3 is 2.22 bits per heavy atom. The van der Waals surface area contributed by atoms with Crippen molar-refractivity contribution in [2.24, 2.45) is 5.92 Å². The van der Waals surface area contributed by atoms with Crippen LogP contribution in [0, 0.1) is 5.92 Å². The standard InChI is InChI=1S/C17H28N2O4/c1-23-16(21)9-8-15(20)18-10-5-11-19(13-12-18)17(22)14-6-3-2-4-7-14/h14H,2-13H2,1H3. The minimum Gasteiger partial charge on any atom is -0.469 e. The van der Waals surface area contributed by atoms with E-state index < -0.39 is 0 Å². The lowest BCUT2D eigenvalue weighted by Crippen LogP contribution is -2.40. The van der Waals surface area contributed by atoms with Crippen LogP contribution in [0.15, 0.2) is 0 Å². The molecule has 1 saturated carbocycles. The number of methoxy groups -OCH3 is 1. The SMILES string of the molecule is COC(=O)CCC(=O)N1CCCN(C(=O)C2CCCCC2)CC1. The van der Waals surface area contributed by atoms with Gasteiger partial charge in [-0.25, -0.2) is 0 Å². The zero-order valence-electron chi connectivity index (χ0n) is 14.1. The molecule has 0 aromatic rings. The van der Waals surface area contributed by atoms with Gasteiger partial charge in [0.25, 0.3) is 0 Å². The molecule has 2 fully saturated rings. The lowest BCUT2D eigenvalue weighted by Gasteiger charge is -2.28. The molecule has 2 amide bonds. The Hall–Kier alpha value is -1.59. The number of rotatable bonds is 4. The third kappa shape index (κ3) is 5.22. The first-order valence-electron chi connectivity index (χ1n) is 8.75. The highest BCUT2D eigenvalue weighted by atomic mass is 16.5. The Kier molecular flexibility index (Phi) is 6.86. The minimum absolute atomic E-state index is 0.0256. The molecule has 2 aliphatic rings. The zero-order valence-corrected chi connectivity index (χ0v) is 14.1. The first kappa shape index (κ1) is 17.8. The van der Waals surface area contributed by atoms with Gasteiger partial charge in [0.2, 0.25) is 11.8 Å². The van der Waals surface area contributed by atoms with Crippen molar-refractivity contribution in [2.45, 2.75) is 51.4 Å². The van der Waals surface area contributed by atoms with Crippen molar-refractivity contribution in [3.63, 3.8) is 0 Å². The quantitative estimate of drug-likeness (QED) is 0.736. The second-order valence-electron chi connectivity index (χ2n) is 6.47. The fraction of sp³-hybridized carbons (Fsp3) is 0.824. The number of hydrogen-bond donors (Lipinski definition) is 0. The van der Waals surface area contributed by atoms with E-state index in [0.717, 1.165) is 38.6 Å². The summed E-state index contributed by atoms with van der Waals surface area (Å²) in [5.74, 6) is 0.0727. The van der Waals surface area contributed by atoms with Crippen molar-refractivity contribution < 1.29 is 19.1 Å². The van der Waals surface area contributed by atoms with Crippen molar-refractivity contribution in [1.29, 1.82) is 0 Å². The van der Waals surface area contributed by atoms with Crippen LogP contribution in [-0.2, 0) is 19.1 Å². The van der Waals surface area contributed by atoms with Gasteiger partial charge in [0.1, 0.15) is 0 Å². The minimum atomic E-state index is -0.359. The molecule has 1 aliphatic heterocycles. The van der Waals surface area contributed by atoms with E-state index in [4.69, 9.17) is 0 Å². The predicted octanol–water partition coefficient (Wildman–Crippen LogP) is 1.58. The van der Waals surface area contributed by atoms with E-state index in [1.54, 1.807) is 4.90 Å². The van der Waals surface area contributed by atoms with Crippen LogP contribution < -0.4 is 0 Å². The molecule has 23 heavy (non-hydrogen) atoms. The van der Waals surface area contributed by atoms with Gasteiger partial charge in [0.15, 0.2) is 0 Å². The highest BCUT2D eigenvalue weighted by Gasteiger charge is 2.28. The van der Waals surface area contributed by atoms with Crippen molar-refractivity contribution >= 4 is 17.8 Å². The maximum atomic E-state index is 12.6. The predicted molar refractivity (Wildman–Crippen MR) is 85.6 cm³/mol. The number of carbonyl (C=O) groups excluding carboxylic acids is 3. The van der Waals surface area contributed by atoms with Crippen LogP contribution in [0.2, 0.25) is 0 Å². The van der Waals surface area contributed by atoms with Gasteiger partial charge in [-0.05, 0) is 19.3 Å². The first-order chi connectivity index (χ1) is 11.1. The largest absolute Gasteiger partial charge is 0.469 e. The molecule has 130 valence electrons. The molecule has 2 rings (SSSR count). The first-order valence-corrected chi connectivity index (χ1v) is 8.75. The fourth-order valence-corrected chi connectivity index (χ4v) is 3.46. The monoisotopic (exact) mass is 324 g/mol. The van der Waals surface area contributed by atoms with Crippen LogP contribution in [0.3, 0.4) is 0 Å². The Balaban J connectivity index is 1.80. The van der Waals surface area contributed by atoms with Crippen molar-refractivity contribution in [1.82, 2.24) is 9.80 Å². The number of esters is 1. The van der Waals surface area contributed by atoms with E-state index in [0.29, 0.717) is 19.6 Å². The van der Waals surface area contributed by atoms with Crippen molar-refractivity contribution in [3.05, 3.63) is 0 Å². The summed E-state index contributed by atoms with van der Waals surface area (Å²) in [5, 5.41) is 0. The lowest BCUT2D eigenvalue weighted by atomic mass is 9.88. The molecule has 6 nitrogen and oxygen atoms in total. The number of ether oxygens (including phenoxy) is 1. The van der Waals surface area contributed by atoms with Gasteiger partial charge < -0.3 is 14.5 Å². The second kappa shape index (κ2) is 8.89. The van der Waals surface area contributed by atoms with E-state index in [9.17, 15) is 14.4 Å². The molecule has 0 N–H and O–H groups in total. The topological polar surface area (TPSA) is 66.9 Å². The van der Waals surface area contributed by atoms with E-state index >= 15 is 0 Å². The van der Waals surface area contributed by atoms with E-state index in [-0.39, 0.29) is 36.5 Å². The van der Waals surface area contributed by atoms with Crippen LogP contribution in [-0.4, -0.2) is 60.9 Å². The normalized spacial score (nSPS) is 20.0. The van der Waals surface area contributed by atoms with Gasteiger partial charge in [-0.3, -0.25) is 14.4 Å². The Morgan fingerprint density at radius 2 is 1.52 bits per heavy atom. The molecule has 1 saturated heterocycles. The third-order valence-corrected chi connectivity index (χ3v) is 4.89. The van der Waals surface area contributed by atoms with Crippen molar-refractivity contribution in [3.8, 4) is 0 Å². The van der Waals surface area contributed by atoms with Gasteiger partial charge in [-0.1, -0.05) is 19.3 Å². The summed E-state index contributed by atoms with van der Waals surface area (Å²) in [7, 11) is 1.33. The highest BCUT2D eigenvalue weighted by Crippen LogP contribution is 2.25. The summed E-state index contributed by atoms with van der Waals surface area (Å²) in [6.07, 6.45) is 6.69. The Labute approximate surface area is 138 Å². The summed E-state index contributed by atoms with van der Waals surface area (Å²) in [5.41, 5.74) is 0. The van der Waals surface area contributed by atoms with E-state index in [2.05, 4.69) is 4.74 Å². The van der Waals surface area contributed by atoms with Gasteiger partial charge >= 0.3 is 5.97 Å². The molecule has 0 bridgehead atoms. The van der Waals surface area contributed by atoms with Crippen molar-refractivity contribution in [2.75, 3.05) is 33.3 Å². The summed E-state index contributed by atoms with van der Waals surface area (Å²) in [4.78, 5) is 39.6. The third-order valence-electron chi connectivity index (χ3n) is 4.89. The molecule has 0 radical (unpaired) electrons. The van der Waals surface area contributed by atoms with Crippen LogP contribution in [0.4, 0.5) is 0 Å². The van der Waals surface area contributed by atoms with Crippen LogP contribution in [0.5, 0.6) is 0 Å². The Morgan fingerprint density at radius 1 is 0.870 bits per heavy atom. The zero-order chi connectivity index (χ0) is 16.7. The number of hydrogen-bond acceptors (Lipinski definition) is 4. The molecule has 0 aromatic heterocycles. The number of nitrogens with zero attached hydrogens (tertiary/aromatic N) is 2. The average molecular weight is 324 g/mol. The molecule has 0 atom stereocenters. The van der Waals surface area contributed by atoms with Gasteiger partial charge in [-0.15, -0.1) is 0 Å². The second-order valence-corrected chi connectivity index (χ2v) is 6.47. The highest BCUT2D eigenvalue weighted by molar-refractivity contribution is 5.82.